The van der Waals surface area contributed by atoms with E-state index in [2.05, 4.69) is 0 Å². The van der Waals surface area contributed by atoms with Crippen molar-refractivity contribution in [3.8, 4) is 0 Å². The molecule has 94 valence electrons. The smallest absolute Gasteiger partial charge is 0.410 e. The molecule has 0 bridgehead atoms. The number of nitrogens with zero attached hydrogens (tertiary/aromatic N) is 1. The highest BCUT2D eigenvalue weighted by atomic mass is 16.6. The van der Waals surface area contributed by atoms with E-state index in [1.165, 1.54) is 4.90 Å². The van der Waals surface area contributed by atoms with Crippen LogP contribution in [0.2, 0.25) is 0 Å². The van der Waals surface area contributed by atoms with Gasteiger partial charge in [0.1, 0.15) is 11.9 Å². The van der Waals surface area contributed by atoms with Gasteiger partial charge in [0.15, 0.2) is 0 Å². The van der Waals surface area contributed by atoms with Gasteiger partial charge in [-0.1, -0.05) is 20.8 Å². The largest absolute Gasteiger partial charge is 0.444 e. The molecule has 0 heterocycles. The van der Waals surface area contributed by atoms with Crippen LogP contribution in [0, 0.1) is 5.41 Å². The summed E-state index contributed by atoms with van der Waals surface area (Å²) in [5.41, 5.74) is -0.843. The van der Waals surface area contributed by atoms with Gasteiger partial charge in [-0.25, -0.2) is 4.79 Å². The highest BCUT2D eigenvalue weighted by Crippen LogP contribution is 2.23. The third-order valence-electron chi connectivity index (χ3n) is 2.11. The maximum Gasteiger partial charge on any atom is 0.410 e. The summed E-state index contributed by atoms with van der Waals surface area (Å²) in [6.07, 6.45) is 0.309. The van der Waals surface area contributed by atoms with Crippen LogP contribution in [-0.4, -0.2) is 36.0 Å². The molecule has 0 aliphatic heterocycles. The molecule has 4 heteroatoms. The maximum atomic E-state index is 11.8. The number of rotatable bonds is 2. The van der Waals surface area contributed by atoms with Crippen LogP contribution in [0.4, 0.5) is 4.79 Å². The Balaban J connectivity index is 4.71. The van der Waals surface area contributed by atoms with Gasteiger partial charge in [-0.2, -0.15) is 0 Å². The van der Waals surface area contributed by atoms with Gasteiger partial charge in [-0.15, -0.1) is 0 Å². The molecule has 0 fully saturated rings. The summed E-state index contributed by atoms with van der Waals surface area (Å²) in [5.74, 6) is 0. The highest BCUT2D eigenvalue weighted by Gasteiger charge is 2.33. The fraction of sp³-hybridized carbons (Fsp3) is 0.833. The van der Waals surface area contributed by atoms with Crippen molar-refractivity contribution in [2.45, 2.75) is 53.2 Å². The lowest BCUT2D eigenvalue weighted by molar-refractivity contribution is -0.115. The number of amides is 1. The van der Waals surface area contributed by atoms with Gasteiger partial charge in [-0.3, -0.25) is 0 Å². The van der Waals surface area contributed by atoms with Crippen molar-refractivity contribution in [1.29, 1.82) is 0 Å². The fourth-order valence-corrected chi connectivity index (χ4v) is 1.32. The van der Waals surface area contributed by atoms with Gasteiger partial charge in [-0.05, 0) is 26.2 Å². The molecule has 0 rings (SSSR count). The molecule has 0 aromatic rings. The van der Waals surface area contributed by atoms with E-state index in [0.717, 1.165) is 6.29 Å². The quantitative estimate of drug-likeness (QED) is 0.683. The SMILES string of the molecule is CN(C(=O)OC(C)(C)C)C(C=O)C(C)(C)C. The normalized spacial score (nSPS) is 14.2. The summed E-state index contributed by atoms with van der Waals surface area (Å²) in [6.45, 7) is 11.1. The first kappa shape index (κ1) is 14.9. The van der Waals surface area contributed by atoms with Crippen LogP contribution in [0.15, 0.2) is 0 Å². The summed E-state index contributed by atoms with van der Waals surface area (Å²) >= 11 is 0. The predicted molar refractivity (Wildman–Crippen MR) is 63.3 cm³/mol. The van der Waals surface area contributed by atoms with Crippen molar-refractivity contribution in [2.24, 2.45) is 5.41 Å². The van der Waals surface area contributed by atoms with Gasteiger partial charge in [0.05, 0.1) is 6.04 Å². The Morgan fingerprint density at radius 3 is 1.88 bits per heavy atom. The first-order valence-electron chi connectivity index (χ1n) is 5.40. The first-order valence-corrected chi connectivity index (χ1v) is 5.40. The number of hydrogen-bond acceptors (Lipinski definition) is 3. The van der Waals surface area contributed by atoms with Crippen LogP contribution in [-0.2, 0) is 9.53 Å². The molecular weight excluding hydrogens is 206 g/mol. The Hall–Kier alpha value is -1.06. The van der Waals surface area contributed by atoms with E-state index < -0.39 is 17.7 Å². The topological polar surface area (TPSA) is 46.6 Å². The van der Waals surface area contributed by atoms with E-state index in [4.69, 9.17) is 4.74 Å². The first-order chi connectivity index (χ1) is 6.99. The monoisotopic (exact) mass is 229 g/mol. The minimum Gasteiger partial charge on any atom is -0.444 e. The van der Waals surface area contributed by atoms with Crippen LogP contribution < -0.4 is 0 Å². The van der Waals surface area contributed by atoms with Gasteiger partial charge in [0, 0.05) is 7.05 Å². The Labute approximate surface area is 98.0 Å². The summed E-state index contributed by atoms with van der Waals surface area (Å²) in [7, 11) is 1.58. The van der Waals surface area contributed by atoms with Crippen molar-refractivity contribution in [3.05, 3.63) is 0 Å². The average molecular weight is 229 g/mol. The van der Waals surface area contributed by atoms with Crippen LogP contribution >= 0.6 is 0 Å². The zero-order valence-electron chi connectivity index (χ0n) is 11.3. The minimum absolute atomic E-state index is 0.298. The molecule has 0 aromatic carbocycles. The van der Waals surface area contributed by atoms with Crippen molar-refractivity contribution in [3.63, 3.8) is 0 Å². The van der Waals surface area contributed by atoms with Crippen LogP contribution in [0.25, 0.3) is 0 Å². The number of aldehydes is 1. The number of carbonyl (C=O) groups is 2. The van der Waals surface area contributed by atoms with E-state index >= 15 is 0 Å². The molecule has 0 spiro atoms. The second-order valence-corrected chi connectivity index (χ2v) is 6.04. The van der Waals surface area contributed by atoms with Crippen LogP contribution in [0.3, 0.4) is 0 Å². The van der Waals surface area contributed by atoms with Gasteiger partial charge in [0.2, 0.25) is 0 Å². The van der Waals surface area contributed by atoms with E-state index in [9.17, 15) is 9.59 Å². The molecule has 1 atom stereocenters. The number of carbonyl (C=O) groups excluding carboxylic acids is 2. The number of ether oxygens (including phenoxy) is 1. The lowest BCUT2D eigenvalue weighted by Crippen LogP contribution is -2.47. The molecule has 0 saturated carbocycles. The maximum absolute atomic E-state index is 11.8. The number of likely N-dealkylation sites (N-methyl/N-ethyl adjacent to an activating group) is 1. The molecule has 1 unspecified atom stereocenters. The Morgan fingerprint density at radius 1 is 1.19 bits per heavy atom. The van der Waals surface area contributed by atoms with Crippen molar-refractivity contribution in [1.82, 2.24) is 4.90 Å². The third-order valence-corrected chi connectivity index (χ3v) is 2.11. The van der Waals surface area contributed by atoms with Crippen LogP contribution in [0.1, 0.15) is 41.5 Å². The van der Waals surface area contributed by atoms with Crippen molar-refractivity contribution < 1.29 is 14.3 Å². The molecule has 0 N–H and O–H groups in total. The van der Waals surface area contributed by atoms with E-state index in [0.29, 0.717) is 0 Å². The summed E-state index contributed by atoms with van der Waals surface area (Å²) < 4.78 is 5.21. The third kappa shape index (κ3) is 4.64. The molecule has 1 amide bonds. The molecule has 4 nitrogen and oxygen atoms in total. The highest BCUT2D eigenvalue weighted by molar-refractivity contribution is 5.74. The van der Waals surface area contributed by atoms with Crippen LogP contribution in [0.5, 0.6) is 0 Å². The molecule has 16 heavy (non-hydrogen) atoms. The molecule has 0 aliphatic rings. The second-order valence-electron chi connectivity index (χ2n) is 6.04. The van der Waals surface area contributed by atoms with E-state index in [1.807, 2.05) is 20.8 Å². The second kappa shape index (κ2) is 4.85. The Morgan fingerprint density at radius 2 is 1.62 bits per heavy atom. The van der Waals surface area contributed by atoms with Gasteiger partial charge in [0.25, 0.3) is 0 Å². The predicted octanol–water partition coefficient (Wildman–Crippen LogP) is 2.47. The fourth-order valence-electron chi connectivity index (χ4n) is 1.32. The average Bonchev–Trinajstić information content (AvgIpc) is 1.99. The number of hydrogen-bond donors (Lipinski definition) is 0. The zero-order valence-corrected chi connectivity index (χ0v) is 11.3. The molecular formula is C12H23NO3. The zero-order chi connectivity index (χ0) is 13.1. The molecule has 0 saturated heterocycles. The summed E-state index contributed by atoms with van der Waals surface area (Å²) in [4.78, 5) is 24.1. The summed E-state index contributed by atoms with van der Waals surface area (Å²) in [6, 6.07) is -0.484. The Kier molecular flexibility index (Phi) is 4.53. The van der Waals surface area contributed by atoms with E-state index in [1.54, 1.807) is 27.8 Å². The van der Waals surface area contributed by atoms with Crippen molar-refractivity contribution in [2.75, 3.05) is 7.05 Å². The standard InChI is InChI=1S/C12H23NO3/c1-11(2,3)9(8-14)13(7)10(15)16-12(4,5)6/h8-9H,1-7H3. The molecule has 0 radical (unpaired) electrons. The van der Waals surface area contributed by atoms with E-state index in [-0.39, 0.29) is 5.41 Å². The lowest BCUT2D eigenvalue weighted by atomic mass is 9.87. The van der Waals surface area contributed by atoms with Crippen molar-refractivity contribution >= 4 is 12.4 Å². The lowest BCUT2D eigenvalue weighted by Gasteiger charge is -2.34. The molecule has 0 aliphatic carbocycles. The Bertz CT molecular complexity index is 260. The van der Waals surface area contributed by atoms with Gasteiger partial charge < -0.3 is 14.4 Å². The molecule has 0 aromatic heterocycles. The summed E-state index contributed by atoms with van der Waals surface area (Å²) in [5, 5.41) is 0. The van der Waals surface area contributed by atoms with Gasteiger partial charge >= 0.3 is 6.09 Å². The minimum atomic E-state index is -0.545.